The summed E-state index contributed by atoms with van der Waals surface area (Å²) >= 11 is 0. The van der Waals surface area contributed by atoms with Crippen LogP contribution in [-0.4, -0.2) is 13.0 Å². The van der Waals surface area contributed by atoms with Gasteiger partial charge >= 0.3 is 6.18 Å². The summed E-state index contributed by atoms with van der Waals surface area (Å²) in [6, 6.07) is 6.69. The molecule has 0 saturated carbocycles. The maximum atomic E-state index is 13.8. The molecule has 2 rings (SSSR count). The molecule has 2 aromatic rings. The van der Waals surface area contributed by atoms with Gasteiger partial charge in [0.25, 0.3) is 5.91 Å². The molecule has 0 radical (unpaired) electrons. The second kappa shape index (κ2) is 6.28. The van der Waals surface area contributed by atoms with Crippen molar-refractivity contribution in [3.05, 3.63) is 58.9 Å². The third-order valence-electron chi connectivity index (χ3n) is 3.15. The van der Waals surface area contributed by atoms with Crippen LogP contribution < -0.4 is 10.1 Å². The Bertz CT molecular complexity index is 741. The summed E-state index contributed by atoms with van der Waals surface area (Å²) in [6.45, 7) is 1.82. The fourth-order valence-electron chi connectivity index (χ4n) is 1.97. The van der Waals surface area contributed by atoms with Gasteiger partial charge in [0.05, 0.1) is 23.9 Å². The Morgan fingerprint density at radius 2 is 1.83 bits per heavy atom. The predicted molar refractivity (Wildman–Crippen MR) is 77.1 cm³/mol. The molecule has 1 N–H and O–H groups in total. The first-order valence-corrected chi connectivity index (χ1v) is 6.55. The van der Waals surface area contributed by atoms with Crippen molar-refractivity contribution in [1.29, 1.82) is 0 Å². The lowest BCUT2D eigenvalue weighted by Crippen LogP contribution is -2.15. The number of methoxy groups -OCH3 is 1. The smallest absolute Gasteiger partial charge is 0.416 e. The molecular weight excluding hydrogens is 314 g/mol. The highest BCUT2D eigenvalue weighted by atomic mass is 19.4. The van der Waals surface area contributed by atoms with Gasteiger partial charge in [-0.05, 0) is 42.8 Å². The van der Waals surface area contributed by atoms with Crippen LogP contribution in [0.15, 0.2) is 36.4 Å². The van der Waals surface area contributed by atoms with Crippen molar-refractivity contribution in [1.82, 2.24) is 0 Å². The van der Waals surface area contributed by atoms with Gasteiger partial charge in [-0.3, -0.25) is 4.79 Å². The largest absolute Gasteiger partial charge is 0.495 e. The maximum absolute atomic E-state index is 13.8. The quantitative estimate of drug-likeness (QED) is 0.848. The third-order valence-corrected chi connectivity index (χ3v) is 3.15. The van der Waals surface area contributed by atoms with E-state index in [-0.39, 0.29) is 0 Å². The van der Waals surface area contributed by atoms with Gasteiger partial charge < -0.3 is 10.1 Å². The van der Waals surface area contributed by atoms with Gasteiger partial charge in [0.1, 0.15) is 11.6 Å². The number of ether oxygens (including phenoxy) is 1. The van der Waals surface area contributed by atoms with E-state index in [1.54, 1.807) is 18.2 Å². The number of nitrogens with one attached hydrogen (secondary N) is 1. The first-order chi connectivity index (χ1) is 10.7. The molecule has 0 heterocycles. The summed E-state index contributed by atoms with van der Waals surface area (Å²) in [5.74, 6) is -1.74. The molecule has 0 fully saturated rings. The summed E-state index contributed by atoms with van der Waals surface area (Å²) < 4.78 is 56.4. The molecule has 7 heteroatoms. The Hall–Kier alpha value is -2.57. The zero-order valence-electron chi connectivity index (χ0n) is 12.3. The first-order valence-electron chi connectivity index (χ1n) is 6.55. The SMILES string of the molecule is COc1cc(C)ccc1NC(=O)c1ccc(C(F)(F)F)cc1F. The Morgan fingerprint density at radius 3 is 2.39 bits per heavy atom. The van der Waals surface area contributed by atoms with Crippen LogP contribution in [0, 0.1) is 12.7 Å². The summed E-state index contributed by atoms with van der Waals surface area (Å²) in [5, 5.41) is 2.42. The monoisotopic (exact) mass is 327 g/mol. The van der Waals surface area contributed by atoms with E-state index in [0.717, 1.165) is 11.6 Å². The van der Waals surface area contributed by atoms with Gasteiger partial charge in [0.15, 0.2) is 0 Å². The highest BCUT2D eigenvalue weighted by molar-refractivity contribution is 6.05. The molecule has 0 aliphatic rings. The highest BCUT2D eigenvalue weighted by Crippen LogP contribution is 2.31. The van der Waals surface area contributed by atoms with Crippen LogP contribution in [0.5, 0.6) is 5.75 Å². The Labute approximate surface area is 129 Å². The molecule has 0 atom stereocenters. The van der Waals surface area contributed by atoms with E-state index in [4.69, 9.17) is 4.74 Å². The average Bonchev–Trinajstić information content (AvgIpc) is 2.47. The minimum atomic E-state index is -4.67. The molecule has 0 saturated heterocycles. The summed E-state index contributed by atoms with van der Waals surface area (Å²) in [6.07, 6.45) is -4.67. The fourth-order valence-corrected chi connectivity index (χ4v) is 1.97. The topological polar surface area (TPSA) is 38.3 Å². The lowest BCUT2D eigenvalue weighted by Gasteiger charge is -2.12. The summed E-state index contributed by atoms with van der Waals surface area (Å²) in [5.41, 5.74) is -0.456. The number of alkyl halides is 3. The molecule has 122 valence electrons. The molecule has 0 aliphatic carbocycles. The van der Waals surface area contributed by atoms with E-state index in [9.17, 15) is 22.4 Å². The van der Waals surface area contributed by atoms with E-state index in [1.165, 1.54) is 7.11 Å². The summed E-state index contributed by atoms with van der Waals surface area (Å²) in [4.78, 5) is 12.1. The Kier molecular flexibility index (Phi) is 4.58. The van der Waals surface area contributed by atoms with E-state index in [0.29, 0.717) is 23.6 Å². The number of aryl methyl sites for hydroxylation is 1. The van der Waals surface area contributed by atoms with Crippen LogP contribution in [0.3, 0.4) is 0 Å². The van der Waals surface area contributed by atoms with Crippen LogP contribution in [0.25, 0.3) is 0 Å². The van der Waals surface area contributed by atoms with E-state index < -0.39 is 29.0 Å². The molecule has 0 bridgehead atoms. The number of carbonyl (C=O) groups excluding carboxylic acids is 1. The highest BCUT2D eigenvalue weighted by Gasteiger charge is 2.31. The predicted octanol–water partition coefficient (Wildman–Crippen LogP) is 4.41. The number of carbonyl (C=O) groups is 1. The van der Waals surface area contributed by atoms with E-state index >= 15 is 0 Å². The standard InChI is InChI=1S/C16H13F4NO2/c1-9-3-6-13(14(7-9)23-2)21-15(22)11-5-4-10(8-12(11)17)16(18,19)20/h3-8H,1-2H3,(H,21,22). The molecular formula is C16H13F4NO2. The Morgan fingerprint density at radius 1 is 1.13 bits per heavy atom. The molecule has 0 aliphatic heterocycles. The molecule has 0 unspecified atom stereocenters. The van der Waals surface area contributed by atoms with Gasteiger partial charge in [0.2, 0.25) is 0 Å². The number of amides is 1. The van der Waals surface area contributed by atoms with Gasteiger partial charge in [0, 0.05) is 0 Å². The number of benzene rings is 2. The molecule has 1 amide bonds. The molecule has 0 spiro atoms. The third kappa shape index (κ3) is 3.80. The molecule has 0 aromatic heterocycles. The number of halogens is 4. The van der Waals surface area contributed by atoms with Crippen molar-refractivity contribution in [2.24, 2.45) is 0 Å². The van der Waals surface area contributed by atoms with Gasteiger partial charge in [-0.2, -0.15) is 13.2 Å². The fraction of sp³-hybridized carbons (Fsp3) is 0.188. The number of rotatable bonds is 3. The maximum Gasteiger partial charge on any atom is 0.416 e. The summed E-state index contributed by atoms with van der Waals surface area (Å²) in [7, 11) is 1.41. The first kappa shape index (κ1) is 16.8. The van der Waals surface area contributed by atoms with Crippen LogP contribution in [0.4, 0.5) is 23.2 Å². The van der Waals surface area contributed by atoms with Crippen molar-refractivity contribution in [2.45, 2.75) is 13.1 Å². The van der Waals surface area contributed by atoms with Gasteiger partial charge in [-0.1, -0.05) is 6.07 Å². The zero-order valence-corrected chi connectivity index (χ0v) is 12.3. The lowest BCUT2D eigenvalue weighted by molar-refractivity contribution is -0.137. The van der Waals surface area contributed by atoms with Crippen molar-refractivity contribution in [3.8, 4) is 5.75 Å². The van der Waals surface area contributed by atoms with Crippen LogP contribution in [-0.2, 0) is 6.18 Å². The number of anilines is 1. The van der Waals surface area contributed by atoms with E-state index in [1.807, 2.05) is 6.92 Å². The Balaban J connectivity index is 2.28. The van der Waals surface area contributed by atoms with Crippen LogP contribution in [0.1, 0.15) is 21.5 Å². The van der Waals surface area contributed by atoms with Gasteiger partial charge in [-0.15, -0.1) is 0 Å². The minimum absolute atomic E-state index is 0.293. The van der Waals surface area contributed by atoms with Crippen LogP contribution >= 0.6 is 0 Å². The second-order valence-corrected chi connectivity index (χ2v) is 4.85. The molecule has 2 aromatic carbocycles. The number of hydrogen-bond acceptors (Lipinski definition) is 2. The van der Waals surface area contributed by atoms with Crippen LogP contribution in [0.2, 0.25) is 0 Å². The number of hydrogen-bond donors (Lipinski definition) is 1. The average molecular weight is 327 g/mol. The normalized spacial score (nSPS) is 11.2. The zero-order chi connectivity index (χ0) is 17.2. The van der Waals surface area contributed by atoms with Crippen molar-refractivity contribution >= 4 is 11.6 Å². The minimum Gasteiger partial charge on any atom is -0.495 e. The van der Waals surface area contributed by atoms with Crippen molar-refractivity contribution in [2.75, 3.05) is 12.4 Å². The van der Waals surface area contributed by atoms with Crippen molar-refractivity contribution < 1.29 is 27.1 Å². The molecule has 3 nitrogen and oxygen atoms in total. The van der Waals surface area contributed by atoms with Crippen molar-refractivity contribution in [3.63, 3.8) is 0 Å². The molecule has 23 heavy (non-hydrogen) atoms. The lowest BCUT2D eigenvalue weighted by atomic mass is 10.1. The van der Waals surface area contributed by atoms with Gasteiger partial charge in [-0.25, -0.2) is 4.39 Å². The second-order valence-electron chi connectivity index (χ2n) is 4.85. The van der Waals surface area contributed by atoms with E-state index in [2.05, 4.69) is 5.32 Å².